The normalized spacial score (nSPS) is 12.6. The highest BCUT2D eigenvalue weighted by Gasteiger charge is 2.00. The van der Waals surface area contributed by atoms with Crippen LogP contribution in [0.25, 0.3) is 0 Å². The lowest BCUT2D eigenvalue weighted by molar-refractivity contribution is -0.124. The lowest BCUT2D eigenvalue weighted by Crippen LogP contribution is -2.18. The average Bonchev–Trinajstić information content (AvgIpc) is 2.11. The zero-order valence-electron chi connectivity index (χ0n) is 7.92. The molecule has 1 amide bonds. The van der Waals surface area contributed by atoms with Crippen LogP contribution in [-0.2, 0) is 14.3 Å². The lowest BCUT2D eigenvalue weighted by atomic mass is 10.3. The Morgan fingerprint density at radius 3 is 2.75 bits per heavy atom. The van der Waals surface area contributed by atoms with E-state index in [0.717, 1.165) is 6.42 Å². The Labute approximate surface area is 73.2 Å². The first-order valence-corrected chi connectivity index (χ1v) is 4.05. The second kappa shape index (κ2) is 7.06. The summed E-state index contributed by atoms with van der Waals surface area (Å²) >= 11 is 0. The molecule has 4 heteroatoms. The fourth-order valence-corrected chi connectivity index (χ4v) is 0.675. The molecule has 0 rings (SSSR count). The fourth-order valence-electron chi connectivity index (χ4n) is 0.675. The van der Waals surface area contributed by atoms with E-state index in [1.807, 2.05) is 6.92 Å². The quantitative estimate of drug-likeness (QED) is 0.473. The van der Waals surface area contributed by atoms with E-state index >= 15 is 0 Å². The molecule has 1 N–H and O–H groups in total. The summed E-state index contributed by atoms with van der Waals surface area (Å²) in [5.41, 5.74) is 0. The van der Waals surface area contributed by atoms with Crippen LogP contribution < -0.4 is 5.32 Å². The maximum absolute atomic E-state index is 10.7. The molecule has 72 valence electrons. The summed E-state index contributed by atoms with van der Waals surface area (Å²) in [7, 11) is 3.21. The van der Waals surface area contributed by atoms with E-state index < -0.39 is 0 Å². The molecular weight excluding hydrogens is 158 g/mol. The molecule has 0 aliphatic rings. The Morgan fingerprint density at radius 1 is 1.58 bits per heavy atom. The first kappa shape index (κ1) is 11.4. The zero-order chi connectivity index (χ0) is 9.40. The number of nitrogens with one attached hydrogen (secondary N) is 1. The Morgan fingerprint density at radius 2 is 2.25 bits per heavy atom. The molecule has 0 aliphatic carbocycles. The van der Waals surface area contributed by atoms with Crippen molar-refractivity contribution in [1.82, 2.24) is 5.32 Å². The van der Waals surface area contributed by atoms with Gasteiger partial charge in [-0.25, -0.2) is 0 Å². The molecule has 0 aromatic heterocycles. The van der Waals surface area contributed by atoms with Crippen molar-refractivity contribution < 1.29 is 14.3 Å². The van der Waals surface area contributed by atoms with Crippen molar-refractivity contribution in [2.24, 2.45) is 0 Å². The van der Waals surface area contributed by atoms with Crippen molar-refractivity contribution in [2.45, 2.75) is 26.1 Å². The van der Waals surface area contributed by atoms with Crippen LogP contribution in [0.1, 0.15) is 19.8 Å². The molecule has 0 bridgehead atoms. The number of hydrogen-bond acceptors (Lipinski definition) is 3. The van der Waals surface area contributed by atoms with E-state index in [2.05, 4.69) is 5.32 Å². The second-order valence-electron chi connectivity index (χ2n) is 2.45. The summed E-state index contributed by atoms with van der Waals surface area (Å²) < 4.78 is 10.0. The topological polar surface area (TPSA) is 47.6 Å². The molecule has 0 aromatic carbocycles. The largest absolute Gasteiger partial charge is 0.359 e. The monoisotopic (exact) mass is 175 g/mol. The molecule has 0 aliphatic heterocycles. The minimum absolute atomic E-state index is 0.0451. The Balaban J connectivity index is 3.15. The van der Waals surface area contributed by atoms with Gasteiger partial charge in [0.25, 0.3) is 0 Å². The van der Waals surface area contributed by atoms with Gasteiger partial charge in [0.1, 0.15) is 0 Å². The van der Waals surface area contributed by atoms with Crippen LogP contribution >= 0.6 is 0 Å². The van der Waals surface area contributed by atoms with E-state index in [-0.39, 0.29) is 12.2 Å². The molecule has 0 saturated heterocycles. The predicted molar refractivity (Wildman–Crippen MR) is 45.7 cm³/mol. The lowest BCUT2D eigenvalue weighted by Gasteiger charge is -2.09. The van der Waals surface area contributed by atoms with Gasteiger partial charge in [0.2, 0.25) is 5.91 Å². The summed E-state index contributed by atoms with van der Waals surface area (Å²) in [6.45, 7) is 2.38. The first-order valence-electron chi connectivity index (χ1n) is 4.05. The Hall–Kier alpha value is -0.610. The fraction of sp³-hybridized carbons (Fsp3) is 0.875. The molecule has 0 saturated carbocycles. The summed E-state index contributed by atoms with van der Waals surface area (Å²) in [6.07, 6.45) is 1.05. The number of rotatable bonds is 6. The number of amides is 1. The van der Waals surface area contributed by atoms with Crippen LogP contribution in [-0.4, -0.2) is 33.0 Å². The summed E-state index contributed by atoms with van der Waals surface area (Å²) in [6, 6.07) is 0. The average molecular weight is 175 g/mol. The van der Waals surface area contributed by atoms with Crippen LogP contribution in [0.5, 0.6) is 0 Å². The van der Waals surface area contributed by atoms with Crippen LogP contribution in [0.15, 0.2) is 0 Å². The third kappa shape index (κ3) is 6.12. The molecule has 12 heavy (non-hydrogen) atoms. The molecule has 4 nitrogen and oxygen atoms in total. The predicted octanol–water partition coefficient (Wildman–Crippen LogP) is 0.522. The van der Waals surface area contributed by atoms with Crippen molar-refractivity contribution in [3.8, 4) is 0 Å². The third-order valence-electron chi connectivity index (χ3n) is 1.51. The molecular formula is C8H17NO3. The van der Waals surface area contributed by atoms with E-state index in [1.165, 1.54) is 0 Å². The SMILES string of the molecule is CNC(=O)CCCOC(C)OC. The number of hydrogen-bond donors (Lipinski definition) is 1. The van der Waals surface area contributed by atoms with Gasteiger partial charge >= 0.3 is 0 Å². The van der Waals surface area contributed by atoms with Gasteiger partial charge in [0.05, 0.1) is 6.61 Å². The standard InChI is InChI=1S/C8H17NO3/c1-7(11-3)12-6-4-5-8(10)9-2/h7H,4-6H2,1-3H3,(H,9,10). The molecule has 0 spiro atoms. The number of ether oxygens (including phenoxy) is 2. The smallest absolute Gasteiger partial charge is 0.219 e. The van der Waals surface area contributed by atoms with Crippen molar-refractivity contribution in [2.75, 3.05) is 20.8 Å². The highest BCUT2D eigenvalue weighted by Crippen LogP contribution is 1.95. The van der Waals surface area contributed by atoms with Crippen LogP contribution in [0.3, 0.4) is 0 Å². The molecule has 1 atom stereocenters. The highest BCUT2D eigenvalue weighted by molar-refractivity contribution is 5.75. The van der Waals surface area contributed by atoms with Crippen molar-refractivity contribution in [3.05, 3.63) is 0 Å². The number of carbonyl (C=O) groups excluding carboxylic acids is 1. The minimum atomic E-state index is -0.185. The van der Waals surface area contributed by atoms with Crippen molar-refractivity contribution in [3.63, 3.8) is 0 Å². The second-order valence-corrected chi connectivity index (χ2v) is 2.45. The van der Waals surface area contributed by atoms with E-state index in [4.69, 9.17) is 9.47 Å². The minimum Gasteiger partial charge on any atom is -0.359 e. The Bertz CT molecular complexity index is 127. The maximum atomic E-state index is 10.7. The van der Waals surface area contributed by atoms with Crippen LogP contribution in [0, 0.1) is 0 Å². The third-order valence-corrected chi connectivity index (χ3v) is 1.51. The first-order chi connectivity index (χ1) is 5.70. The van der Waals surface area contributed by atoms with Gasteiger partial charge < -0.3 is 14.8 Å². The molecule has 1 unspecified atom stereocenters. The molecule has 0 aromatic rings. The van der Waals surface area contributed by atoms with E-state index in [9.17, 15) is 4.79 Å². The van der Waals surface area contributed by atoms with Gasteiger partial charge in [0, 0.05) is 20.6 Å². The van der Waals surface area contributed by atoms with Gasteiger partial charge in [-0.2, -0.15) is 0 Å². The van der Waals surface area contributed by atoms with Crippen molar-refractivity contribution >= 4 is 5.91 Å². The highest BCUT2D eigenvalue weighted by atomic mass is 16.7. The maximum Gasteiger partial charge on any atom is 0.219 e. The molecule has 0 fully saturated rings. The van der Waals surface area contributed by atoms with Crippen LogP contribution in [0.4, 0.5) is 0 Å². The summed E-state index contributed by atoms with van der Waals surface area (Å²) in [4.78, 5) is 10.7. The van der Waals surface area contributed by atoms with E-state index in [1.54, 1.807) is 14.2 Å². The van der Waals surface area contributed by atoms with Gasteiger partial charge in [-0.3, -0.25) is 4.79 Å². The number of carbonyl (C=O) groups is 1. The van der Waals surface area contributed by atoms with Crippen molar-refractivity contribution in [1.29, 1.82) is 0 Å². The van der Waals surface area contributed by atoms with E-state index in [0.29, 0.717) is 13.0 Å². The summed E-state index contributed by atoms with van der Waals surface area (Å²) in [5, 5.41) is 2.54. The zero-order valence-corrected chi connectivity index (χ0v) is 7.92. The Kier molecular flexibility index (Phi) is 6.70. The van der Waals surface area contributed by atoms with Crippen LogP contribution in [0.2, 0.25) is 0 Å². The summed E-state index contributed by atoms with van der Waals surface area (Å²) in [5.74, 6) is 0.0451. The molecule has 0 heterocycles. The number of methoxy groups -OCH3 is 1. The van der Waals surface area contributed by atoms with Gasteiger partial charge in [-0.15, -0.1) is 0 Å². The van der Waals surface area contributed by atoms with Gasteiger partial charge in [0.15, 0.2) is 6.29 Å². The van der Waals surface area contributed by atoms with Gasteiger partial charge in [-0.1, -0.05) is 0 Å². The molecule has 0 radical (unpaired) electrons. The van der Waals surface area contributed by atoms with Gasteiger partial charge in [-0.05, 0) is 13.3 Å².